The summed E-state index contributed by atoms with van der Waals surface area (Å²) in [6.45, 7) is 4.87. The fraction of sp³-hybridized carbons (Fsp3) is 0.625. The number of fused-ring (bicyclic) bond motifs is 1. The van der Waals surface area contributed by atoms with Crippen molar-refractivity contribution in [2.45, 2.75) is 50.5 Å². The Balaban J connectivity index is 1.93. The van der Waals surface area contributed by atoms with Crippen molar-refractivity contribution in [1.82, 2.24) is 4.31 Å². The first-order chi connectivity index (χ1) is 9.50. The van der Waals surface area contributed by atoms with Crippen LogP contribution in [0.4, 0.5) is 0 Å². The van der Waals surface area contributed by atoms with E-state index in [0.29, 0.717) is 23.3 Å². The summed E-state index contributed by atoms with van der Waals surface area (Å²) in [6, 6.07) is 7.47. The molecule has 1 aliphatic heterocycles. The SMILES string of the molecule is Cc1ccc(S(=O)(=O)N2C[C@H](C)[C@H]3CCCC[C@H]32)cc1. The summed E-state index contributed by atoms with van der Waals surface area (Å²) in [7, 11) is -3.33. The van der Waals surface area contributed by atoms with Crippen LogP contribution in [0.15, 0.2) is 29.2 Å². The van der Waals surface area contributed by atoms with Crippen molar-refractivity contribution >= 4 is 10.0 Å². The van der Waals surface area contributed by atoms with Crippen molar-refractivity contribution in [3.8, 4) is 0 Å². The molecule has 1 heterocycles. The molecule has 0 unspecified atom stereocenters. The van der Waals surface area contributed by atoms with Gasteiger partial charge in [-0.25, -0.2) is 8.42 Å². The molecule has 20 heavy (non-hydrogen) atoms. The average Bonchev–Trinajstić information content (AvgIpc) is 2.78. The van der Waals surface area contributed by atoms with E-state index in [0.717, 1.165) is 18.4 Å². The Bertz CT molecular complexity index is 579. The molecule has 0 bridgehead atoms. The molecule has 3 atom stereocenters. The minimum Gasteiger partial charge on any atom is -0.207 e. The Morgan fingerprint density at radius 1 is 1.10 bits per heavy atom. The van der Waals surface area contributed by atoms with Crippen molar-refractivity contribution in [2.75, 3.05) is 6.54 Å². The molecule has 3 nitrogen and oxygen atoms in total. The lowest BCUT2D eigenvalue weighted by molar-refractivity contribution is 0.245. The first-order valence-electron chi connectivity index (χ1n) is 7.58. The van der Waals surface area contributed by atoms with Gasteiger partial charge in [0.05, 0.1) is 4.90 Å². The fourth-order valence-corrected chi connectivity index (χ4v) is 5.64. The summed E-state index contributed by atoms with van der Waals surface area (Å²) < 4.78 is 27.5. The minimum atomic E-state index is -3.33. The molecule has 1 aromatic carbocycles. The maximum absolute atomic E-state index is 12.9. The van der Waals surface area contributed by atoms with Gasteiger partial charge in [-0.05, 0) is 43.7 Å². The first kappa shape index (κ1) is 14.1. The fourth-order valence-electron chi connectivity index (χ4n) is 3.84. The second-order valence-electron chi connectivity index (χ2n) is 6.38. The molecule has 0 amide bonds. The molecule has 2 aliphatic rings. The van der Waals surface area contributed by atoms with Crippen LogP contribution in [0, 0.1) is 18.8 Å². The summed E-state index contributed by atoms with van der Waals surface area (Å²) in [4.78, 5) is 0.446. The molecule has 3 rings (SSSR count). The second-order valence-corrected chi connectivity index (χ2v) is 8.27. The maximum Gasteiger partial charge on any atom is 0.243 e. The van der Waals surface area contributed by atoms with E-state index >= 15 is 0 Å². The highest BCUT2D eigenvalue weighted by Crippen LogP contribution is 2.42. The number of sulfonamides is 1. The number of hydrogen-bond acceptors (Lipinski definition) is 2. The molecule has 1 aliphatic carbocycles. The number of nitrogens with zero attached hydrogens (tertiary/aromatic N) is 1. The number of aryl methyl sites for hydroxylation is 1. The molecule has 4 heteroatoms. The van der Waals surface area contributed by atoms with Crippen molar-refractivity contribution in [1.29, 1.82) is 0 Å². The highest BCUT2D eigenvalue weighted by atomic mass is 32.2. The van der Waals surface area contributed by atoms with Crippen LogP contribution >= 0.6 is 0 Å². The summed E-state index contributed by atoms with van der Waals surface area (Å²) in [5, 5.41) is 0. The molecule has 110 valence electrons. The van der Waals surface area contributed by atoms with Gasteiger partial charge in [-0.15, -0.1) is 0 Å². The van der Waals surface area contributed by atoms with Gasteiger partial charge in [0.25, 0.3) is 0 Å². The second kappa shape index (κ2) is 5.15. The van der Waals surface area contributed by atoms with Gasteiger partial charge in [0.1, 0.15) is 0 Å². The summed E-state index contributed by atoms with van der Waals surface area (Å²) in [6.07, 6.45) is 4.63. The summed E-state index contributed by atoms with van der Waals surface area (Å²) in [5.41, 5.74) is 1.09. The Morgan fingerprint density at radius 3 is 2.45 bits per heavy atom. The molecular weight excluding hydrogens is 270 g/mol. The quantitative estimate of drug-likeness (QED) is 0.839. The molecule has 0 radical (unpaired) electrons. The van der Waals surface area contributed by atoms with E-state index in [2.05, 4.69) is 6.92 Å². The normalized spacial score (nSPS) is 31.2. The highest BCUT2D eigenvalue weighted by molar-refractivity contribution is 7.89. The van der Waals surface area contributed by atoms with Crippen molar-refractivity contribution in [3.63, 3.8) is 0 Å². The van der Waals surface area contributed by atoms with Crippen LogP contribution in [0.3, 0.4) is 0 Å². The van der Waals surface area contributed by atoms with Crippen LogP contribution in [0.1, 0.15) is 38.2 Å². The van der Waals surface area contributed by atoms with E-state index in [9.17, 15) is 8.42 Å². The van der Waals surface area contributed by atoms with Gasteiger partial charge in [0.2, 0.25) is 10.0 Å². The van der Waals surface area contributed by atoms with Gasteiger partial charge in [-0.2, -0.15) is 4.31 Å². The van der Waals surface area contributed by atoms with Gasteiger partial charge < -0.3 is 0 Å². The van der Waals surface area contributed by atoms with E-state index < -0.39 is 10.0 Å². The molecule has 0 N–H and O–H groups in total. The summed E-state index contributed by atoms with van der Waals surface area (Å²) in [5.74, 6) is 1.05. The molecule has 1 saturated heterocycles. The van der Waals surface area contributed by atoms with Crippen LogP contribution in [0.5, 0.6) is 0 Å². The first-order valence-corrected chi connectivity index (χ1v) is 9.02. The van der Waals surface area contributed by atoms with E-state index in [-0.39, 0.29) is 6.04 Å². The lowest BCUT2D eigenvalue weighted by Gasteiger charge is -2.31. The van der Waals surface area contributed by atoms with Gasteiger partial charge in [-0.1, -0.05) is 37.5 Å². The van der Waals surface area contributed by atoms with Gasteiger partial charge in [0, 0.05) is 12.6 Å². The van der Waals surface area contributed by atoms with E-state index in [1.165, 1.54) is 12.8 Å². The predicted molar refractivity (Wildman–Crippen MR) is 80.0 cm³/mol. The van der Waals surface area contributed by atoms with E-state index in [4.69, 9.17) is 0 Å². The smallest absolute Gasteiger partial charge is 0.207 e. The molecule has 1 saturated carbocycles. The van der Waals surface area contributed by atoms with E-state index in [1.54, 1.807) is 16.4 Å². The predicted octanol–water partition coefficient (Wildman–Crippen LogP) is 3.19. The largest absolute Gasteiger partial charge is 0.243 e. The van der Waals surface area contributed by atoms with Crippen molar-refractivity contribution < 1.29 is 8.42 Å². The van der Waals surface area contributed by atoms with E-state index in [1.807, 2.05) is 19.1 Å². The average molecular weight is 293 g/mol. The third kappa shape index (κ3) is 2.29. The third-order valence-corrected chi connectivity index (χ3v) is 6.88. The molecule has 0 spiro atoms. The number of benzene rings is 1. The van der Waals surface area contributed by atoms with Crippen LogP contribution in [-0.4, -0.2) is 25.3 Å². The minimum absolute atomic E-state index is 0.227. The van der Waals surface area contributed by atoms with Gasteiger partial charge in [0.15, 0.2) is 0 Å². The number of hydrogen-bond donors (Lipinski definition) is 0. The lowest BCUT2D eigenvalue weighted by atomic mass is 9.81. The van der Waals surface area contributed by atoms with Crippen LogP contribution in [0.25, 0.3) is 0 Å². The van der Waals surface area contributed by atoms with Gasteiger partial charge >= 0.3 is 0 Å². The molecule has 2 fully saturated rings. The molecular formula is C16H23NO2S. The standard InChI is InChI=1S/C16H23NO2S/c1-12-7-9-14(10-8-12)20(18,19)17-11-13(2)15-5-3-4-6-16(15)17/h7-10,13,15-16H,3-6,11H2,1-2H3/t13-,15+,16+/m0/s1. The Morgan fingerprint density at radius 2 is 1.75 bits per heavy atom. The zero-order chi connectivity index (χ0) is 14.3. The van der Waals surface area contributed by atoms with Crippen LogP contribution in [-0.2, 0) is 10.0 Å². The van der Waals surface area contributed by atoms with Gasteiger partial charge in [-0.3, -0.25) is 0 Å². The molecule has 1 aromatic rings. The Labute approximate surface area is 122 Å². The van der Waals surface area contributed by atoms with Crippen molar-refractivity contribution in [3.05, 3.63) is 29.8 Å². The molecule has 0 aromatic heterocycles. The van der Waals surface area contributed by atoms with Crippen LogP contribution in [0.2, 0.25) is 0 Å². The Hall–Kier alpha value is -0.870. The Kier molecular flexibility index (Phi) is 3.63. The topological polar surface area (TPSA) is 37.4 Å². The zero-order valence-corrected chi connectivity index (χ0v) is 13.1. The maximum atomic E-state index is 12.9. The monoisotopic (exact) mass is 293 g/mol. The zero-order valence-electron chi connectivity index (χ0n) is 12.2. The highest BCUT2D eigenvalue weighted by Gasteiger charge is 2.45. The lowest BCUT2D eigenvalue weighted by Crippen LogP contribution is -2.39. The number of rotatable bonds is 2. The van der Waals surface area contributed by atoms with Crippen molar-refractivity contribution in [2.24, 2.45) is 11.8 Å². The summed E-state index contributed by atoms with van der Waals surface area (Å²) >= 11 is 0. The van der Waals surface area contributed by atoms with Crippen LogP contribution < -0.4 is 0 Å². The third-order valence-electron chi connectivity index (χ3n) is 4.98.